The molecule has 5 nitrogen and oxygen atoms in total. The molecule has 0 aliphatic heterocycles. The molecule has 1 heterocycles. The highest BCUT2D eigenvalue weighted by atomic mass is 35.5. The molecule has 3 unspecified atom stereocenters. The van der Waals surface area contributed by atoms with Crippen molar-refractivity contribution in [1.29, 1.82) is 0 Å². The van der Waals surface area contributed by atoms with E-state index in [1.165, 1.54) is 6.33 Å². The third-order valence-corrected chi connectivity index (χ3v) is 2.78. The summed E-state index contributed by atoms with van der Waals surface area (Å²) >= 11 is 0. The minimum Gasteiger partial charge on any atom is -0.393 e. The van der Waals surface area contributed by atoms with E-state index in [1.807, 2.05) is 0 Å². The maximum Gasteiger partial charge on any atom is 0.137 e. The van der Waals surface area contributed by atoms with Gasteiger partial charge in [-0.25, -0.2) is 4.98 Å². The molecule has 2 rings (SSSR count). The summed E-state index contributed by atoms with van der Waals surface area (Å²) in [6, 6.07) is 0. The van der Waals surface area contributed by atoms with Gasteiger partial charge in [0.2, 0.25) is 0 Å². The molecular formula is C8H16Cl2N4O. The van der Waals surface area contributed by atoms with Crippen LogP contribution >= 0.6 is 24.8 Å². The van der Waals surface area contributed by atoms with Gasteiger partial charge in [0.1, 0.15) is 12.2 Å². The molecule has 1 fully saturated rings. The van der Waals surface area contributed by atoms with Gasteiger partial charge in [-0.05, 0) is 25.3 Å². The van der Waals surface area contributed by atoms with Crippen molar-refractivity contribution in [1.82, 2.24) is 15.2 Å². The van der Waals surface area contributed by atoms with Crippen LogP contribution in [-0.4, -0.2) is 32.9 Å². The lowest BCUT2D eigenvalue weighted by Crippen LogP contribution is -2.21. The van der Waals surface area contributed by atoms with Crippen molar-refractivity contribution in [3.63, 3.8) is 0 Å². The van der Waals surface area contributed by atoms with Crippen LogP contribution in [0.4, 0.5) is 0 Å². The summed E-state index contributed by atoms with van der Waals surface area (Å²) in [7, 11) is 0. The van der Waals surface area contributed by atoms with E-state index in [2.05, 4.69) is 15.2 Å². The number of hydrogen-bond donors (Lipinski definition) is 3. The first-order valence-corrected chi connectivity index (χ1v) is 4.54. The minimum absolute atomic E-state index is 0. The molecule has 1 aliphatic carbocycles. The van der Waals surface area contributed by atoms with Crippen LogP contribution in [0.25, 0.3) is 0 Å². The lowest BCUT2D eigenvalue weighted by molar-refractivity contribution is 0.136. The second-order valence-electron chi connectivity index (χ2n) is 3.60. The van der Waals surface area contributed by atoms with Crippen LogP contribution in [0.2, 0.25) is 0 Å². The number of rotatable bonds is 2. The molecule has 1 aromatic heterocycles. The predicted molar refractivity (Wildman–Crippen MR) is 61.4 cm³/mol. The fourth-order valence-electron chi connectivity index (χ4n) is 1.99. The normalized spacial score (nSPS) is 29.3. The third-order valence-electron chi connectivity index (χ3n) is 2.78. The molecule has 15 heavy (non-hydrogen) atoms. The number of halogens is 2. The highest BCUT2D eigenvalue weighted by Crippen LogP contribution is 2.36. The van der Waals surface area contributed by atoms with Gasteiger partial charge in [0.25, 0.3) is 0 Å². The summed E-state index contributed by atoms with van der Waals surface area (Å²) in [5.41, 5.74) is 5.53. The van der Waals surface area contributed by atoms with Gasteiger partial charge in [-0.15, -0.1) is 24.8 Å². The second-order valence-corrected chi connectivity index (χ2v) is 3.60. The Morgan fingerprint density at radius 3 is 2.67 bits per heavy atom. The third kappa shape index (κ3) is 3.04. The van der Waals surface area contributed by atoms with Gasteiger partial charge >= 0.3 is 0 Å². The SMILES string of the molecule is Cl.Cl.NCC1CC(c2ncn[nH]2)CC1O. The van der Waals surface area contributed by atoms with Crippen molar-refractivity contribution in [2.24, 2.45) is 11.7 Å². The molecule has 4 N–H and O–H groups in total. The molecule has 0 amide bonds. The topological polar surface area (TPSA) is 87.8 Å². The zero-order valence-electron chi connectivity index (χ0n) is 8.17. The number of aromatic nitrogens is 3. The Morgan fingerprint density at radius 2 is 2.20 bits per heavy atom. The van der Waals surface area contributed by atoms with Crippen molar-refractivity contribution >= 4 is 24.8 Å². The van der Waals surface area contributed by atoms with Crippen LogP contribution < -0.4 is 5.73 Å². The monoisotopic (exact) mass is 254 g/mol. The molecular weight excluding hydrogens is 239 g/mol. The zero-order valence-corrected chi connectivity index (χ0v) is 9.80. The zero-order chi connectivity index (χ0) is 9.26. The van der Waals surface area contributed by atoms with Crippen molar-refractivity contribution < 1.29 is 5.11 Å². The Kier molecular flexibility index (Phi) is 6.12. The van der Waals surface area contributed by atoms with Crippen LogP contribution in [0.15, 0.2) is 6.33 Å². The molecule has 0 radical (unpaired) electrons. The Morgan fingerprint density at radius 1 is 1.47 bits per heavy atom. The van der Waals surface area contributed by atoms with Gasteiger partial charge in [0.05, 0.1) is 6.10 Å². The molecule has 1 saturated carbocycles. The number of nitrogens with two attached hydrogens (primary N) is 1. The lowest BCUT2D eigenvalue weighted by atomic mass is 10.0. The molecule has 3 atom stereocenters. The summed E-state index contributed by atoms with van der Waals surface area (Å²) in [6.45, 7) is 0.547. The minimum atomic E-state index is -0.278. The lowest BCUT2D eigenvalue weighted by Gasteiger charge is -2.09. The number of H-pyrrole nitrogens is 1. The molecule has 1 aliphatic rings. The maximum atomic E-state index is 9.62. The summed E-state index contributed by atoms with van der Waals surface area (Å²) in [6.07, 6.45) is 2.88. The van der Waals surface area contributed by atoms with Gasteiger partial charge in [0, 0.05) is 5.92 Å². The standard InChI is InChI=1S/C8H14N4O.2ClH/c9-3-6-1-5(2-7(6)13)8-10-4-11-12-8;;/h4-7,13H,1-3,9H2,(H,10,11,12);2*1H. The van der Waals surface area contributed by atoms with E-state index in [4.69, 9.17) is 5.73 Å². The second kappa shape index (κ2) is 6.27. The van der Waals surface area contributed by atoms with Crippen LogP contribution in [0.3, 0.4) is 0 Å². The molecule has 88 valence electrons. The first-order chi connectivity index (χ1) is 6.31. The number of hydrogen-bond acceptors (Lipinski definition) is 4. The van der Waals surface area contributed by atoms with Crippen LogP contribution in [0.1, 0.15) is 24.6 Å². The molecule has 0 spiro atoms. The largest absolute Gasteiger partial charge is 0.393 e. The first-order valence-electron chi connectivity index (χ1n) is 4.54. The van der Waals surface area contributed by atoms with Gasteiger partial charge in [0.15, 0.2) is 0 Å². The molecule has 7 heteroatoms. The Bertz CT molecular complexity index is 270. The van der Waals surface area contributed by atoms with E-state index in [0.29, 0.717) is 12.5 Å². The average molecular weight is 255 g/mol. The fourth-order valence-corrected chi connectivity index (χ4v) is 1.99. The van der Waals surface area contributed by atoms with E-state index >= 15 is 0 Å². The Balaban J connectivity index is 0.000000980. The maximum absolute atomic E-state index is 9.62. The summed E-state index contributed by atoms with van der Waals surface area (Å²) in [5.74, 6) is 1.39. The number of aliphatic hydroxyl groups excluding tert-OH is 1. The van der Waals surface area contributed by atoms with Crippen molar-refractivity contribution in [3.05, 3.63) is 12.2 Å². The highest BCUT2D eigenvalue weighted by Gasteiger charge is 2.34. The molecule has 0 saturated heterocycles. The highest BCUT2D eigenvalue weighted by molar-refractivity contribution is 5.85. The number of nitrogens with one attached hydrogen (secondary N) is 1. The number of aliphatic hydroxyl groups is 1. The molecule has 0 aromatic carbocycles. The molecule has 1 aromatic rings. The number of nitrogens with zero attached hydrogens (tertiary/aromatic N) is 2. The van der Waals surface area contributed by atoms with E-state index in [1.54, 1.807) is 0 Å². The molecule has 0 bridgehead atoms. The van der Waals surface area contributed by atoms with E-state index < -0.39 is 0 Å². The fraction of sp³-hybridized carbons (Fsp3) is 0.750. The van der Waals surface area contributed by atoms with Gasteiger partial charge < -0.3 is 10.8 Å². The average Bonchev–Trinajstić information content (AvgIpc) is 2.71. The smallest absolute Gasteiger partial charge is 0.137 e. The van der Waals surface area contributed by atoms with Gasteiger partial charge in [-0.1, -0.05) is 0 Å². The van der Waals surface area contributed by atoms with E-state index in [0.717, 1.165) is 18.7 Å². The quantitative estimate of drug-likeness (QED) is 0.716. The van der Waals surface area contributed by atoms with E-state index in [9.17, 15) is 5.11 Å². The summed E-state index contributed by atoms with van der Waals surface area (Å²) in [5, 5.41) is 16.2. The van der Waals surface area contributed by atoms with E-state index in [-0.39, 0.29) is 36.8 Å². The van der Waals surface area contributed by atoms with Crippen LogP contribution in [0.5, 0.6) is 0 Å². The van der Waals surface area contributed by atoms with Crippen LogP contribution in [-0.2, 0) is 0 Å². The Hall–Kier alpha value is -0.360. The van der Waals surface area contributed by atoms with Crippen molar-refractivity contribution in [3.8, 4) is 0 Å². The predicted octanol–water partition coefficient (Wildman–Crippen LogP) is 0.461. The summed E-state index contributed by atoms with van der Waals surface area (Å²) in [4.78, 5) is 4.08. The number of aromatic amines is 1. The Labute approximate surface area is 101 Å². The van der Waals surface area contributed by atoms with Gasteiger partial charge in [-0.2, -0.15) is 5.10 Å². The van der Waals surface area contributed by atoms with Crippen molar-refractivity contribution in [2.45, 2.75) is 24.9 Å². The van der Waals surface area contributed by atoms with Crippen LogP contribution in [0, 0.1) is 5.92 Å². The summed E-state index contributed by atoms with van der Waals surface area (Å²) < 4.78 is 0. The van der Waals surface area contributed by atoms with Crippen molar-refractivity contribution in [2.75, 3.05) is 6.54 Å². The van der Waals surface area contributed by atoms with Gasteiger partial charge in [-0.3, -0.25) is 5.10 Å². The first kappa shape index (κ1) is 14.6.